The van der Waals surface area contributed by atoms with Gasteiger partial charge in [-0.15, -0.1) is 0 Å². The van der Waals surface area contributed by atoms with E-state index in [4.69, 9.17) is 14.0 Å². The summed E-state index contributed by atoms with van der Waals surface area (Å²) in [6.45, 7) is 4.03. The topological polar surface area (TPSA) is 72.8 Å². The Balaban J connectivity index is 3.85. The van der Waals surface area contributed by atoms with Crippen LogP contribution in [-0.4, -0.2) is 31.6 Å². The van der Waals surface area contributed by atoms with E-state index in [1.165, 1.54) is 25.7 Å². The predicted octanol–water partition coefficient (Wildman–Crippen LogP) is 2.96. The summed E-state index contributed by atoms with van der Waals surface area (Å²) in [4.78, 5) is 0. The maximum atomic E-state index is 11.0. The van der Waals surface area contributed by atoms with Gasteiger partial charge in [0.15, 0.2) is 0 Å². The summed E-state index contributed by atoms with van der Waals surface area (Å²) in [6.07, 6.45) is 10.0. The first-order chi connectivity index (χ1) is 9.52. The summed E-state index contributed by atoms with van der Waals surface area (Å²) in [7, 11) is -4.29. The molecule has 0 aromatic carbocycles. The van der Waals surface area contributed by atoms with Crippen molar-refractivity contribution in [3.63, 3.8) is 0 Å². The summed E-state index contributed by atoms with van der Waals surface area (Å²) in [5.74, 6) is 2.75. The van der Waals surface area contributed by atoms with Gasteiger partial charge >= 0.3 is 10.1 Å². The third-order valence-electron chi connectivity index (χ3n) is 2.71. The SMILES string of the molecule is CCCCCCCCC#COC(COCC)S(=O)(=O)O. The summed E-state index contributed by atoms with van der Waals surface area (Å²) in [5.41, 5.74) is -1.43. The fourth-order valence-corrected chi connectivity index (χ4v) is 1.98. The highest BCUT2D eigenvalue weighted by Crippen LogP contribution is 2.06. The molecule has 0 aliphatic rings. The van der Waals surface area contributed by atoms with Crippen LogP contribution < -0.4 is 0 Å². The molecule has 0 saturated carbocycles. The summed E-state index contributed by atoms with van der Waals surface area (Å²) in [5, 5.41) is 0. The van der Waals surface area contributed by atoms with Gasteiger partial charge in [-0.05, 0) is 13.3 Å². The zero-order chi connectivity index (χ0) is 15.3. The maximum absolute atomic E-state index is 11.0. The molecule has 118 valence electrons. The van der Waals surface area contributed by atoms with Gasteiger partial charge in [-0.25, -0.2) is 0 Å². The molecule has 0 heterocycles. The highest BCUT2D eigenvalue weighted by molar-refractivity contribution is 7.86. The summed E-state index contributed by atoms with van der Waals surface area (Å²) in [6, 6.07) is 0. The molecule has 20 heavy (non-hydrogen) atoms. The van der Waals surface area contributed by atoms with Crippen molar-refractivity contribution >= 4 is 10.1 Å². The lowest BCUT2D eigenvalue weighted by Crippen LogP contribution is -2.27. The third-order valence-corrected chi connectivity index (χ3v) is 3.60. The van der Waals surface area contributed by atoms with E-state index in [1.54, 1.807) is 6.92 Å². The van der Waals surface area contributed by atoms with E-state index in [1.807, 2.05) is 0 Å². The largest absolute Gasteiger partial charge is 0.422 e. The van der Waals surface area contributed by atoms with Crippen molar-refractivity contribution in [2.24, 2.45) is 0 Å². The molecular weight excluding hydrogens is 280 g/mol. The van der Waals surface area contributed by atoms with Gasteiger partial charge in [-0.3, -0.25) is 4.55 Å². The lowest BCUT2D eigenvalue weighted by atomic mass is 10.1. The van der Waals surface area contributed by atoms with Gasteiger partial charge in [0.25, 0.3) is 5.44 Å². The molecule has 1 N–H and O–H groups in total. The maximum Gasteiger partial charge on any atom is 0.306 e. The second kappa shape index (κ2) is 12.0. The molecular formula is C14H26O5S. The molecule has 1 atom stereocenters. The van der Waals surface area contributed by atoms with Crippen molar-refractivity contribution < 1.29 is 22.4 Å². The molecule has 5 nitrogen and oxygen atoms in total. The highest BCUT2D eigenvalue weighted by atomic mass is 32.2. The Hall–Kier alpha value is -0.770. The van der Waals surface area contributed by atoms with Crippen LogP contribution in [0.3, 0.4) is 0 Å². The smallest absolute Gasteiger partial charge is 0.306 e. The van der Waals surface area contributed by atoms with E-state index >= 15 is 0 Å². The fourth-order valence-electron chi connectivity index (χ4n) is 1.55. The molecule has 0 aliphatic heterocycles. The zero-order valence-corrected chi connectivity index (χ0v) is 13.2. The van der Waals surface area contributed by atoms with Crippen LogP contribution in [0.15, 0.2) is 0 Å². The Morgan fingerprint density at radius 3 is 2.35 bits per heavy atom. The highest BCUT2D eigenvalue weighted by Gasteiger charge is 2.24. The fraction of sp³-hybridized carbons (Fsp3) is 0.857. The average Bonchev–Trinajstić information content (AvgIpc) is 2.38. The van der Waals surface area contributed by atoms with Gasteiger partial charge in [-0.1, -0.05) is 44.9 Å². The van der Waals surface area contributed by atoms with Crippen molar-refractivity contribution in [3.05, 3.63) is 0 Å². The minimum Gasteiger partial charge on any atom is -0.422 e. The average molecular weight is 306 g/mol. The van der Waals surface area contributed by atoms with E-state index in [-0.39, 0.29) is 6.61 Å². The van der Waals surface area contributed by atoms with Crippen LogP contribution in [0.25, 0.3) is 0 Å². The summed E-state index contributed by atoms with van der Waals surface area (Å²) < 4.78 is 40.7. The quantitative estimate of drug-likeness (QED) is 0.361. The van der Waals surface area contributed by atoms with Crippen molar-refractivity contribution in [2.75, 3.05) is 13.2 Å². The van der Waals surface area contributed by atoms with Crippen LogP contribution in [-0.2, 0) is 19.6 Å². The molecule has 0 fully saturated rings. The van der Waals surface area contributed by atoms with E-state index in [2.05, 4.69) is 19.0 Å². The third kappa shape index (κ3) is 11.1. The lowest BCUT2D eigenvalue weighted by Gasteiger charge is -2.10. The van der Waals surface area contributed by atoms with Crippen LogP contribution in [0.5, 0.6) is 0 Å². The van der Waals surface area contributed by atoms with Crippen molar-refractivity contribution in [1.29, 1.82) is 0 Å². The first kappa shape index (κ1) is 19.2. The van der Waals surface area contributed by atoms with Gasteiger partial charge in [0, 0.05) is 13.0 Å². The van der Waals surface area contributed by atoms with Crippen LogP contribution in [0.4, 0.5) is 0 Å². The van der Waals surface area contributed by atoms with Gasteiger partial charge in [-0.2, -0.15) is 8.42 Å². The molecule has 0 bridgehead atoms. The minimum absolute atomic E-state index is 0.221. The molecule has 0 aliphatic carbocycles. The van der Waals surface area contributed by atoms with Crippen molar-refractivity contribution in [2.45, 2.75) is 64.2 Å². The standard InChI is InChI=1S/C14H26O5S/c1-3-5-6-7-8-9-10-11-12-19-14(13-18-4-2)20(15,16)17/h14H,3-10,13H2,1-2H3,(H,15,16,17). The molecule has 0 spiro atoms. The molecule has 0 saturated heterocycles. The number of rotatable bonds is 11. The molecule has 0 radical (unpaired) electrons. The number of unbranched alkanes of at least 4 members (excludes halogenated alkanes) is 6. The van der Waals surface area contributed by atoms with Gasteiger partial charge in [0.1, 0.15) is 12.7 Å². The van der Waals surface area contributed by atoms with Crippen molar-refractivity contribution in [1.82, 2.24) is 0 Å². The molecule has 1 unspecified atom stereocenters. The molecule has 0 rings (SSSR count). The Bertz CT molecular complexity index is 380. The minimum atomic E-state index is -4.29. The van der Waals surface area contributed by atoms with E-state index in [0.717, 1.165) is 12.8 Å². The van der Waals surface area contributed by atoms with Gasteiger partial charge in [0.2, 0.25) is 0 Å². The van der Waals surface area contributed by atoms with Crippen LogP contribution >= 0.6 is 0 Å². The Morgan fingerprint density at radius 1 is 1.10 bits per heavy atom. The Labute approximate surface area is 122 Å². The Morgan fingerprint density at radius 2 is 1.75 bits per heavy atom. The second-order valence-corrected chi connectivity index (χ2v) is 6.07. The summed E-state index contributed by atoms with van der Waals surface area (Å²) >= 11 is 0. The van der Waals surface area contributed by atoms with Gasteiger partial charge in [0.05, 0.1) is 0 Å². The molecule has 0 amide bonds. The first-order valence-corrected chi connectivity index (χ1v) is 8.70. The van der Waals surface area contributed by atoms with Crippen LogP contribution in [0.1, 0.15) is 58.8 Å². The lowest BCUT2D eigenvalue weighted by molar-refractivity contribution is 0.0755. The van der Waals surface area contributed by atoms with Crippen LogP contribution in [0.2, 0.25) is 0 Å². The van der Waals surface area contributed by atoms with E-state index in [0.29, 0.717) is 13.0 Å². The number of ether oxygens (including phenoxy) is 2. The van der Waals surface area contributed by atoms with Gasteiger partial charge < -0.3 is 9.47 Å². The van der Waals surface area contributed by atoms with E-state index in [9.17, 15) is 8.42 Å². The first-order valence-electron chi connectivity index (χ1n) is 7.19. The molecule has 6 heteroatoms. The normalized spacial score (nSPS) is 12.6. The number of hydrogen-bond donors (Lipinski definition) is 1. The molecule has 0 aromatic rings. The molecule has 0 aromatic heterocycles. The van der Waals surface area contributed by atoms with Crippen molar-refractivity contribution in [3.8, 4) is 12.0 Å². The van der Waals surface area contributed by atoms with Crippen LogP contribution in [0, 0.1) is 12.0 Å². The Kier molecular flexibility index (Phi) is 11.5. The zero-order valence-electron chi connectivity index (χ0n) is 12.4. The second-order valence-electron chi connectivity index (χ2n) is 4.52. The monoisotopic (exact) mass is 306 g/mol. The predicted molar refractivity (Wildman–Crippen MR) is 78.7 cm³/mol. The van der Waals surface area contributed by atoms with E-state index < -0.39 is 15.6 Å². The number of hydrogen-bond acceptors (Lipinski definition) is 4.